The van der Waals surface area contributed by atoms with Gasteiger partial charge in [0.2, 0.25) is 0 Å². The molecule has 0 unspecified atom stereocenters. The van der Waals surface area contributed by atoms with Crippen LogP contribution in [-0.4, -0.2) is 29.8 Å². The minimum atomic E-state index is 0.814. The molecule has 1 N–H and O–H groups in total. The van der Waals surface area contributed by atoms with Crippen molar-refractivity contribution in [2.75, 3.05) is 24.4 Å². The van der Waals surface area contributed by atoms with Crippen molar-refractivity contribution < 1.29 is 0 Å². The SMILES string of the molecule is C/C(=N/Nc1ncnc2sc3c(c12)CCC3)c1ccc(N(C)C)cc1. The summed E-state index contributed by atoms with van der Waals surface area (Å²) < 4.78 is 0. The van der Waals surface area contributed by atoms with Crippen LogP contribution in [0.2, 0.25) is 0 Å². The maximum Gasteiger partial charge on any atom is 0.158 e. The van der Waals surface area contributed by atoms with Crippen LogP contribution in [0.5, 0.6) is 0 Å². The van der Waals surface area contributed by atoms with Crippen LogP contribution in [0.25, 0.3) is 10.2 Å². The molecular formula is C19H21N5S. The molecule has 0 spiro atoms. The predicted octanol–water partition coefficient (Wildman–Crippen LogP) is 4.08. The van der Waals surface area contributed by atoms with Gasteiger partial charge in [-0.15, -0.1) is 11.3 Å². The molecule has 1 aliphatic carbocycles. The van der Waals surface area contributed by atoms with E-state index in [-0.39, 0.29) is 0 Å². The molecule has 0 bridgehead atoms. The van der Waals surface area contributed by atoms with Gasteiger partial charge < -0.3 is 4.90 Å². The standard InChI is InChI=1S/C19H21N5S/c1-12(13-7-9-14(10-8-13)24(2)3)22-23-18-17-15-5-4-6-16(15)25-19(17)21-11-20-18/h7-11H,4-6H2,1-3H3,(H,20,21,23)/b22-12-. The smallest absolute Gasteiger partial charge is 0.158 e. The van der Waals surface area contributed by atoms with Crippen molar-refractivity contribution >= 4 is 38.8 Å². The molecule has 1 aromatic carbocycles. The Morgan fingerprint density at radius 2 is 1.96 bits per heavy atom. The van der Waals surface area contributed by atoms with E-state index in [0.717, 1.165) is 40.2 Å². The van der Waals surface area contributed by atoms with Gasteiger partial charge in [0.05, 0.1) is 11.1 Å². The van der Waals surface area contributed by atoms with Gasteiger partial charge in [-0.2, -0.15) is 5.10 Å². The number of nitrogens with one attached hydrogen (secondary N) is 1. The van der Waals surface area contributed by atoms with Gasteiger partial charge in [-0.1, -0.05) is 12.1 Å². The van der Waals surface area contributed by atoms with Crippen molar-refractivity contribution in [2.45, 2.75) is 26.2 Å². The van der Waals surface area contributed by atoms with E-state index in [1.807, 2.05) is 21.0 Å². The molecule has 5 nitrogen and oxygen atoms in total. The van der Waals surface area contributed by atoms with E-state index in [1.165, 1.54) is 22.5 Å². The molecule has 0 amide bonds. The molecule has 0 aliphatic heterocycles. The second kappa shape index (κ2) is 6.44. The quantitative estimate of drug-likeness (QED) is 0.568. The first-order valence-corrected chi connectivity index (χ1v) is 9.28. The van der Waals surface area contributed by atoms with Gasteiger partial charge in [0, 0.05) is 24.7 Å². The zero-order chi connectivity index (χ0) is 17.4. The Kier molecular flexibility index (Phi) is 4.13. The Bertz CT molecular complexity index is 940. The minimum Gasteiger partial charge on any atom is -0.378 e. The monoisotopic (exact) mass is 351 g/mol. The highest BCUT2D eigenvalue weighted by molar-refractivity contribution is 7.19. The Labute approximate surface area is 151 Å². The van der Waals surface area contributed by atoms with E-state index >= 15 is 0 Å². The molecule has 4 rings (SSSR count). The number of rotatable bonds is 4. The summed E-state index contributed by atoms with van der Waals surface area (Å²) >= 11 is 1.79. The number of anilines is 2. The maximum atomic E-state index is 4.56. The highest BCUT2D eigenvalue weighted by Crippen LogP contribution is 2.38. The Hall–Kier alpha value is -2.47. The lowest BCUT2D eigenvalue weighted by Crippen LogP contribution is -2.08. The van der Waals surface area contributed by atoms with Crippen LogP contribution in [0.4, 0.5) is 11.5 Å². The first-order valence-electron chi connectivity index (χ1n) is 8.47. The molecular weight excluding hydrogens is 330 g/mol. The third-order valence-electron chi connectivity index (χ3n) is 4.63. The summed E-state index contributed by atoms with van der Waals surface area (Å²) in [5.41, 5.74) is 7.79. The van der Waals surface area contributed by atoms with Crippen LogP contribution in [-0.2, 0) is 12.8 Å². The molecule has 1 aliphatic rings. The molecule has 25 heavy (non-hydrogen) atoms. The van der Waals surface area contributed by atoms with Gasteiger partial charge >= 0.3 is 0 Å². The number of aryl methyl sites for hydroxylation is 2. The van der Waals surface area contributed by atoms with E-state index in [2.05, 4.69) is 49.7 Å². The van der Waals surface area contributed by atoms with E-state index in [1.54, 1.807) is 17.7 Å². The van der Waals surface area contributed by atoms with Crippen LogP contribution in [0.1, 0.15) is 29.3 Å². The number of hydrazone groups is 1. The molecule has 0 atom stereocenters. The predicted molar refractivity (Wildman–Crippen MR) is 106 cm³/mol. The zero-order valence-corrected chi connectivity index (χ0v) is 15.5. The van der Waals surface area contributed by atoms with Gasteiger partial charge in [-0.25, -0.2) is 9.97 Å². The summed E-state index contributed by atoms with van der Waals surface area (Å²) in [6, 6.07) is 8.38. The fourth-order valence-corrected chi connectivity index (χ4v) is 4.44. The van der Waals surface area contributed by atoms with Gasteiger partial charge in [-0.05, 0) is 49.4 Å². The number of fused-ring (bicyclic) bond motifs is 3. The second-order valence-corrected chi connectivity index (χ2v) is 7.59. The highest BCUT2D eigenvalue weighted by Gasteiger charge is 2.21. The largest absolute Gasteiger partial charge is 0.378 e. The van der Waals surface area contributed by atoms with Gasteiger partial charge in [0.25, 0.3) is 0 Å². The van der Waals surface area contributed by atoms with Gasteiger partial charge in [0.15, 0.2) is 5.82 Å². The minimum absolute atomic E-state index is 0.814. The van der Waals surface area contributed by atoms with Crippen molar-refractivity contribution in [3.63, 3.8) is 0 Å². The first kappa shape index (κ1) is 16.0. The number of aromatic nitrogens is 2. The number of hydrogen-bond acceptors (Lipinski definition) is 6. The lowest BCUT2D eigenvalue weighted by molar-refractivity contribution is 0.917. The molecule has 0 fully saturated rings. The molecule has 0 radical (unpaired) electrons. The number of nitrogens with zero attached hydrogens (tertiary/aromatic N) is 4. The topological polar surface area (TPSA) is 53.4 Å². The normalized spacial score (nSPS) is 14.0. The summed E-state index contributed by atoms with van der Waals surface area (Å²) in [4.78, 5) is 13.5. The third kappa shape index (κ3) is 2.98. The Balaban J connectivity index is 1.62. The third-order valence-corrected chi connectivity index (χ3v) is 5.83. The van der Waals surface area contributed by atoms with Crippen LogP contribution in [0.3, 0.4) is 0 Å². The van der Waals surface area contributed by atoms with Gasteiger partial charge in [0.1, 0.15) is 11.2 Å². The maximum absolute atomic E-state index is 4.56. The van der Waals surface area contributed by atoms with Gasteiger partial charge in [-0.3, -0.25) is 5.43 Å². The fourth-order valence-electron chi connectivity index (χ4n) is 3.22. The van der Waals surface area contributed by atoms with Crippen LogP contribution < -0.4 is 10.3 Å². The summed E-state index contributed by atoms with van der Waals surface area (Å²) in [6.07, 6.45) is 5.13. The van der Waals surface area contributed by atoms with Crippen molar-refractivity contribution in [3.8, 4) is 0 Å². The Morgan fingerprint density at radius 1 is 1.16 bits per heavy atom. The van der Waals surface area contributed by atoms with E-state index in [9.17, 15) is 0 Å². The van der Waals surface area contributed by atoms with Crippen LogP contribution >= 0.6 is 11.3 Å². The van der Waals surface area contributed by atoms with Crippen molar-refractivity contribution in [1.29, 1.82) is 0 Å². The van der Waals surface area contributed by atoms with E-state index < -0.39 is 0 Å². The highest BCUT2D eigenvalue weighted by atomic mass is 32.1. The first-order chi connectivity index (χ1) is 12.1. The lowest BCUT2D eigenvalue weighted by atomic mass is 10.1. The molecule has 0 saturated carbocycles. The summed E-state index contributed by atoms with van der Waals surface area (Å²) in [5, 5.41) is 5.71. The van der Waals surface area contributed by atoms with Crippen molar-refractivity contribution in [1.82, 2.24) is 9.97 Å². The molecule has 3 aromatic rings. The molecule has 2 heterocycles. The van der Waals surface area contributed by atoms with Crippen molar-refractivity contribution in [2.24, 2.45) is 5.10 Å². The molecule has 2 aromatic heterocycles. The van der Waals surface area contributed by atoms with E-state index in [0.29, 0.717) is 0 Å². The number of thiophene rings is 1. The number of benzene rings is 1. The average Bonchev–Trinajstić information content (AvgIpc) is 3.20. The van der Waals surface area contributed by atoms with Crippen LogP contribution in [0.15, 0.2) is 35.7 Å². The summed E-state index contributed by atoms with van der Waals surface area (Å²) in [7, 11) is 4.08. The molecule has 128 valence electrons. The second-order valence-electron chi connectivity index (χ2n) is 6.51. The molecule has 0 saturated heterocycles. The number of hydrogen-bond donors (Lipinski definition) is 1. The molecule has 6 heteroatoms. The van der Waals surface area contributed by atoms with Crippen molar-refractivity contribution in [3.05, 3.63) is 46.6 Å². The fraction of sp³-hybridized carbons (Fsp3) is 0.316. The summed E-state index contributed by atoms with van der Waals surface area (Å²) in [6.45, 7) is 2.01. The zero-order valence-electron chi connectivity index (χ0n) is 14.7. The average molecular weight is 351 g/mol. The van der Waals surface area contributed by atoms with Crippen LogP contribution in [0, 0.1) is 0 Å². The lowest BCUT2D eigenvalue weighted by Gasteiger charge is -2.12. The Morgan fingerprint density at radius 3 is 2.72 bits per heavy atom. The summed E-state index contributed by atoms with van der Waals surface area (Å²) in [5.74, 6) is 0.814. The van der Waals surface area contributed by atoms with E-state index in [4.69, 9.17) is 0 Å².